The first-order chi connectivity index (χ1) is 16.8. The standard InChI is InChI=1S/C31H50O3SSi/c1-28(2,3)36(6,7)34-18-19-35-24-10-14-29(4)22(20-24)8-9-25-26(29)11-15-30(5)27(25)12-16-31(30,32)23-13-17-33-21-23/h8,13,17,21,24-27,32H,9-12,14-16,18-20H2,1-7H3/t24-,25+,26-,27-,29-,30-,31+/m0/s1. The van der Waals surface area contributed by atoms with Crippen molar-refractivity contribution in [3.05, 3.63) is 35.8 Å². The average Bonchev–Trinajstić information content (AvgIpc) is 3.44. The minimum absolute atomic E-state index is 0.0447. The van der Waals surface area contributed by atoms with Gasteiger partial charge in [0.25, 0.3) is 0 Å². The van der Waals surface area contributed by atoms with Crippen LogP contribution in [-0.4, -0.2) is 31.0 Å². The summed E-state index contributed by atoms with van der Waals surface area (Å²) in [6, 6.07) is 2.00. The van der Waals surface area contributed by atoms with Gasteiger partial charge in [-0.1, -0.05) is 46.3 Å². The van der Waals surface area contributed by atoms with Gasteiger partial charge in [-0.3, -0.25) is 0 Å². The molecule has 3 fully saturated rings. The Morgan fingerprint density at radius 3 is 2.56 bits per heavy atom. The first-order valence-electron chi connectivity index (χ1n) is 14.5. The Kier molecular flexibility index (Phi) is 7.01. The zero-order valence-electron chi connectivity index (χ0n) is 23.9. The quantitative estimate of drug-likeness (QED) is 0.227. The number of fused-ring (bicyclic) bond motifs is 5. The Hall–Kier alpha value is -0.493. The van der Waals surface area contributed by atoms with Gasteiger partial charge in [0, 0.05) is 28.6 Å². The molecule has 3 nitrogen and oxygen atoms in total. The third kappa shape index (κ3) is 4.23. The van der Waals surface area contributed by atoms with E-state index in [-0.39, 0.29) is 10.5 Å². The summed E-state index contributed by atoms with van der Waals surface area (Å²) in [6.45, 7) is 17.6. The van der Waals surface area contributed by atoms with Gasteiger partial charge in [0.1, 0.15) is 0 Å². The second-order valence-electron chi connectivity index (χ2n) is 14.5. The lowest BCUT2D eigenvalue weighted by Gasteiger charge is -2.59. The molecule has 0 amide bonds. The molecule has 7 atom stereocenters. The molecule has 0 saturated heterocycles. The van der Waals surface area contributed by atoms with Crippen molar-refractivity contribution in [2.24, 2.45) is 28.6 Å². The van der Waals surface area contributed by atoms with Crippen LogP contribution in [0.4, 0.5) is 0 Å². The molecule has 36 heavy (non-hydrogen) atoms. The summed E-state index contributed by atoms with van der Waals surface area (Å²) >= 11 is 2.16. The maximum Gasteiger partial charge on any atom is 0.192 e. The van der Waals surface area contributed by atoms with Gasteiger partial charge in [-0.15, -0.1) is 0 Å². The van der Waals surface area contributed by atoms with Gasteiger partial charge in [-0.25, -0.2) is 0 Å². The molecule has 0 unspecified atom stereocenters. The zero-order valence-corrected chi connectivity index (χ0v) is 25.7. The summed E-state index contributed by atoms with van der Waals surface area (Å²) in [7, 11) is -1.64. The largest absolute Gasteiger partial charge is 0.472 e. The highest BCUT2D eigenvalue weighted by atomic mass is 32.2. The molecule has 1 aromatic heterocycles. The summed E-state index contributed by atoms with van der Waals surface area (Å²) in [5, 5.41) is 13.0. The second kappa shape index (κ2) is 9.31. The van der Waals surface area contributed by atoms with Crippen LogP contribution < -0.4 is 0 Å². The van der Waals surface area contributed by atoms with Crippen LogP contribution in [-0.2, 0) is 10.0 Å². The molecule has 0 aromatic carbocycles. The third-order valence-corrected chi connectivity index (χ3v) is 17.7. The SMILES string of the molecule is CC(C)(C)[Si](C)(C)OCCS[C@H]1CC[C@@]2(C)C(=CC[C@@H]3[C@@H]2CC[C@@]2(C)[C@H]3CC[C@@]2(O)c2ccoc2)C1. The smallest absolute Gasteiger partial charge is 0.192 e. The van der Waals surface area contributed by atoms with E-state index >= 15 is 0 Å². The maximum atomic E-state index is 11.9. The zero-order chi connectivity index (χ0) is 26.0. The summed E-state index contributed by atoms with van der Waals surface area (Å²) < 4.78 is 11.9. The summed E-state index contributed by atoms with van der Waals surface area (Å²) in [4.78, 5) is 0. The summed E-state index contributed by atoms with van der Waals surface area (Å²) in [5.74, 6) is 3.21. The van der Waals surface area contributed by atoms with Crippen molar-refractivity contribution >= 4 is 20.1 Å². The monoisotopic (exact) mass is 530 g/mol. The van der Waals surface area contributed by atoms with Crippen LogP contribution in [0, 0.1) is 28.6 Å². The fourth-order valence-corrected chi connectivity index (χ4v) is 10.8. The van der Waals surface area contributed by atoms with Gasteiger partial charge in [-0.2, -0.15) is 11.8 Å². The third-order valence-electron chi connectivity index (χ3n) is 11.9. The summed E-state index contributed by atoms with van der Waals surface area (Å²) in [5.41, 5.74) is 2.33. The van der Waals surface area contributed by atoms with Crippen LogP contribution in [0.2, 0.25) is 18.1 Å². The molecule has 0 aliphatic heterocycles. The molecule has 4 aliphatic carbocycles. The fourth-order valence-electron chi connectivity index (χ4n) is 8.49. The van der Waals surface area contributed by atoms with Gasteiger partial charge in [0.2, 0.25) is 0 Å². The first kappa shape index (κ1) is 27.1. The van der Waals surface area contributed by atoms with Crippen molar-refractivity contribution in [1.29, 1.82) is 0 Å². The minimum atomic E-state index is -1.64. The predicted octanol–water partition coefficient (Wildman–Crippen LogP) is 8.55. The highest BCUT2D eigenvalue weighted by Crippen LogP contribution is 2.69. The molecule has 4 aliphatic rings. The van der Waals surface area contributed by atoms with Crippen LogP contribution >= 0.6 is 11.8 Å². The second-order valence-corrected chi connectivity index (χ2v) is 20.7. The van der Waals surface area contributed by atoms with Crippen LogP contribution in [0.25, 0.3) is 0 Å². The summed E-state index contributed by atoms with van der Waals surface area (Å²) in [6.07, 6.45) is 15.7. The molecule has 0 spiro atoms. The number of furan rings is 1. The van der Waals surface area contributed by atoms with Crippen molar-refractivity contribution in [1.82, 2.24) is 0 Å². The van der Waals surface area contributed by atoms with Crippen molar-refractivity contribution in [2.45, 2.75) is 115 Å². The van der Waals surface area contributed by atoms with Gasteiger partial charge < -0.3 is 13.9 Å². The van der Waals surface area contributed by atoms with Gasteiger partial charge in [-0.05, 0) is 98.7 Å². The van der Waals surface area contributed by atoms with E-state index in [1.807, 2.05) is 6.07 Å². The molecule has 1 N–H and O–H groups in total. The van der Waals surface area contributed by atoms with Crippen molar-refractivity contribution < 1.29 is 13.9 Å². The first-order valence-corrected chi connectivity index (χ1v) is 18.5. The van der Waals surface area contributed by atoms with E-state index in [2.05, 4.69) is 65.6 Å². The Morgan fingerprint density at radius 2 is 1.86 bits per heavy atom. The highest BCUT2D eigenvalue weighted by molar-refractivity contribution is 7.99. The number of aliphatic hydroxyl groups is 1. The van der Waals surface area contributed by atoms with E-state index in [0.29, 0.717) is 17.3 Å². The topological polar surface area (TPSA) is 42.6 Å². The van der Waals surface area contributed by atoms with E-state index in [1.54, 1.807) is 18.1 Å². The molecule has 202 valence electrons. The molecule has 5 heteroatoms. The highest BCUT2D eigenvalue weighted by Gasteiger charge is 2.64. The van der Waals surface area contributed by atoms with Gasteiger partial charge in [0.15, 0.2) is 8.32 Å². The molecular formula is C31H50O3SSi. The molecule has 0 bridgehead atoms. The Bertz CT molecular complexity index is 965. The normalized spacial score (nSPS) is 40.8. The molecular weight excluding hydrogens is 480 g/mol. The average molecular weight is 531 g/mol. The fraction of sp³-hybridized carbons (Fsp3) is 0.806. The maximum absolute atomic E-state index is 11.9. The molecule has 5 rings (SSSR count). The molecule has 0 radical (unpaired) electrons. The lowest BCUT2D eigenvalue weighted by atomic mass is 9.47. The van der Waals surface area contributed by atoms with Crippen LogP contribution in [0.5, 0.6) is 0 Å². The van der Waals surface area contributed by atoms with E-state index in [9.17, 15) is 5.11 Å². The van der Waals surface area contributed by atoms with Crippen molar-refractivity contribution in [2.75, 3.05) is 12.4 Å². The van der Waals surface area contributed by atoms with E-state index in [1.165, 1.54) is 32.1 Å². The molecule has 3 saturated carbocycles. The molecule has 1 aromatic rings. The Morgan fingerprint density at radius 1 is 1.11 bits per heavy atom. The number of hydrogen-bond acceptors (Lipinski definition) is 4. The minimum Gasteiger partial charge on any atom is -0.472 e. The van der Waals surface area contributed by atoms with Crippen molar-refractivity contribution in [3.8, 4) is 0 Å². The lowest BCUT2D eigenvalue weighted by Crippen LogP contribution is -2.53. The number of allylic oxidation sites excluding steroid dienone is 2. The molecule has 1 heterocycles. The number of thioether (sulfide) groups is 1. The van der Waals surface area contributed by atoms with Crippen LogP contribution in [0.3, 0.4) is 0 Å². The van der Waals surface area contributed by atoms with Crippen LogP contribution in [0.15, 0.2) is 34.7 Å². The van der Waals surface area contributed by atoms with E-state index in [0.717, 1.165) is 48.4 Å². The van der Waals surface area contributed by atoms with Crippen molar-refractivity contribution in [3.63, 3.8) is 0 Å². The Labute approximate surface area is 225 Å². The lowest BCUT2D eigenvalue weighted by molar-refractivity contribution is -0.128. The number of hydrogen-bond donors (Lipinski definition) is 1. The number of rotatable bonds is 6. The van der Waals surface area contributed by atoms with Gasteiger partial charge in [0.05, 0.1) is 18.1 Å². The van der Waals surface area contributed by atoms with E-state index < -0.39 is 13.9 Å². The predicted molar refractivity (Wildman–Crippen MR) is 154 cm³/mol. The van der Waals surface area contributed by atoms with Crippen LogP contribution in [0.1, 0.15) is 91.5 Å². The Balaban J connectivity index is 1.23. The van der Waals surface area contributed by atoms with E-state index in [4.69, 9.17) is 8.84 Å². The van der Waals surface area contributed by atoms with Gasteiger partial charge >= 0.3 is 0 Å².